The SMILES string of the molecule is CCOc1ccc(CC(=O)NCC2CCN(C(C)=O)CC2)cc1. The molecule has 0 unspecified atom stereocenters. The number of likely N-dealkylation sites (tertiary alicyclic amines) is 1. The number of amides is 2. The molecule has 0 atom stereocenters. The van der Waals surface area contributed by atoms with Gasteiger partial charge in [0.1, 0.15) is 5.75 Å². The number of nitrogens with zero attached hydrogens (tertiary/aromatic N) is 1. The Labute approximate surface area is 138 Å². The predicted molar refractivity (Wildman–Crippen MR) is 89.3 cm³/mol. The van der Waals surface area contributed by atoms with Crippen LogP contribution in [0.25, 0.3) is 0 Å². The normalized spacial score (nSPS) is 15.3. The second-order valence-corrected chi connectivity index (χ2v) is 6.01. The Morgan fingerprint density at radius 1 is 1.22 bits per heavy atom. The quantitative estimate of drug-likeness (QED) is 0.873. The molecule has 1 heterocycles. The number of hydrogen-bond acceptors (Lipinski definition) is 3. The Bertz CT molecular complexity index is 520. The lowest BCUT2D eigenvalue weighted by Gasteiger charge is -2.31. The van der Waals surface area contributed by atoms with Crippen molar-refractivity contribution in [3.05, 3.63) is 29.8 Å². The average Bonchev–Trinajstić information content (AvgIpc) is 2.55. The van der Waals surface area contributed by atoms with E-state index >= 15 is 0 Å². The van der Waals surface area contributed by atoms with Gasteiger partial charge in [0.25, 0.3) is 0 Å². The Morgan fingerprint density at radius 2 is 1.87 bits per heavy atom. The van der Waals surface area contributed by atoms with E-state index in [-0.39, 0.29) is 11.8 Å². The molecule has 0 radical (unpaired) electrons. The second kappa shape index (κ2) is 8.56. The molecule has 1 fully saturated rings. The smallest absolute Gasteiger partial charge is 0.224 e. The van der Waals surface area contributed by atoms with Gasteiger partial charge < -0.3 is 15.0 Å². The number of hydrogen-bond donors (Lipinski definition) is 1. The highest BCUT2D eigenvalue weighted by Gasteiger charge is 2.20. The maximum Gasteiger partial charge on any atom is 0.224 e. The highest BCUT2D eigenvalue weighted by molar-refractivity contribution is 5.78. The molecule has 23 heavy (non-hydrogen) atoms. The zero-order valence-electron chi connectivity index (χ0n) is 14.0. The minimum atomic E-state index is 0.0446. The third-order valence-corrected chi connectivity index (χ3v) is 4.25. The van der Waals surface area contributed by atoms with Gasteiger partial charge in [-0.1, -0.05) is 12.1 Å². The molecule has 1 aliphatic rings. The zero-order chi connectivity index (χ0) is 16.7. The minimum Gasteiger partial charge on any atom is -0.494 e. The number of ether oxygens (including phenoxy) is 1. The molecular formula is C18H26N2O3. The van der Waals surface area contributed by atoms with Crippen molar-refractivity contribution in [1.82, 2.24) is 10.2 Å². The molecule has 126 valence electrons. The highest BCUT2D eigenvalue weighted by Crippen LogP contribution is 2.16. The van der Waals surface area contributed by atoms with Crippen molar-refractivity contribution in [3.8, 4) is 5.75 Å². The number of carbonyl (C=O) groups excluding carboxylic acids is 2. The summed E-state index contributed by atoms with van der Waals surface area (Å²) in [4.78, 5) is 25.2. The topological polar surface area (TPSA) is 58.6 Å². The van der Waals surface area contributed by atoms with Gasteiger partial charge in [-0.05, 0) is 43.4 Å². The second-order valence-electron chi connectivity index (χ2n) is 6.01. The molecule has 0 aromatic heterocycles. The van der Waals surface area contributed by atoms with Crippen LogP contribution in [0.5, 0.6) is 5.75 Å². The standard InChI is InChI=1S/C18H26N2O3/c1-3-23-17-6-4-15(5-7-17)12-18(22)19-13-16-8-10-20(11-9-16)14(2)21/h4-7,16H,3,8-13H2,1-2H3,(H,19,22). The Balaban J connectivity index is 1.70. The summed E-state index contributed by atoms with van der Waals surface area (Å²) in [5.74, 6) is 1.48. The first-order valence-electron chi connectivity index (χ1n) is 8.32. The van der Waals surface area contributed by atoms with Crippen LogP contribution in [0.3, 0.4) is 0 Å². The van der Waals surface area contributed by atoms with Crippen molar-refractivity contribution >= 4 is 11.8 Å². The molecule has 2 amide bonds. The van der Waals surface area contributed by atoms with Crippen LogP contribution in [0, 0.1) is 5.92 Å². The van der Waals surface area contributed by atoms with Gasteiger partial charge in [-0.2, -0.15) is 0 Å². The van der Waals surface area contributed by atoms with Gasteiger partial charge >= 0.3 is 0 Å². The van der Waals surface area contributed by atoms with Crippen LogP contribution in [0.2, 0.25) is 0 Å². The molecule has 1 aromatic rings. The number of nitrogens with one attached hydrogen (secondary N) is 1. The van der Waals surface area contributed by atoms with Gasteiger partial charge in [0, 0.05) is 26.6 Å². The van der Waals surface area contributed by atoms with Crippen molar-refractivity contribution < 1.29 is 14.3 Å². The largest absolute Gasteiger partial charge is 0.494 e. The molecule has 2 rings (SSSR count). The van der Waals surface area contributed by atoms with Crippen LogP contribution in [-0.4, -0.2) is 43.0 Å². The summed E-state index contributed by atoms with van der Waals surface area (Å²) in [7, 11) is 0. The lowest BCUT2D eigenvalue weighted by molar-refractivity contribution is -0.130. The van der Waals surface area contributed by atoms with Gasteiger partial charge in [0.15, 0.2) is 0 Å². The summed E-state index contributed by atoms with van der Waals surface area (Å²) in [6.45, 7) is 6.49. The minimum absolute atomic E-state index is 0.0446. The summed E-state index contributed by atoms with van der Waals surface area (Å²) < 4.78 is 5.39. The molecule has 1 aliphatic heterocycles. The van der Waals surface area contributed by atoms with E-state index < -0.39 is 0 Å². The van der Waals surface area contributed by atoms with Crippen LogP contribution in [0.1, 0.15) is 32.3 Å². The first-order valence-corrected chi connectivity index (χ1v) is 8.32. The number of piperidine rings is 1. The first-order chi connectivity index (χ1) is 11.1. The first kappa shape index (κ1) is 17.3. The molecule has 1 saturated heterocycles. The Hall–Kier alpha value is -2.04. The molecule has 1 N–H and O–H groups in total. The molecule has 0 aliphatic carbocycles. The van der Waals surface area contributed by atoms with Crippen LogP contribution >= 0.6 is 0 Å². The maximum absolute atomic E-state index is 12.0. The number of carbonyl (C=O) groups is 2. The highest BCUT2D eigenvalue weighted by atomic mass is 16.5. The molecular weight excluding hydrogens is 292 g/mol. The van der Waals surface area contributed by atoms with Gasteiger partial charge in [-0.15, -0.1) is 0 Å². The molecule has 5 nitrogen and oxygen atoms in total. The molecule has 1 aromatic carbocycles. The van der Waals surface area contributed by atoms with E-state index in [9.17, 15) is 9.59 Å². The fraction of sp³-hybridized carbons (Fsp3) is 0.556. The van der Waals surface area contributed by atoms with E-state index in [4.69, 9.17) is 4.74 Å². The fourth-order valence-electron chi connectivity index (χ4n) is 2.83. The third kappa shape index (κ3) is 5.58. The predicted octanol–water partition coefficient (Wildman–Crippen LogP) is 2.00. The fourth-order valence-corrected chi connectivity index (χ4v) is 2.83. The average molecular weight is 318 g/mol. The van der Waals surface area contributed by atoms with Crippen LogP contribution in [0.4, 0.5) is 0 Å². The summed E-state index contributed by atoms with van der Waals surface area (Å²) in [5, 5.41) is 3.01. The zero-order valence-corrected chi connectivity index (χ0v) is 14.0. The van der Waals surface area contributed by atoms with E-state index in [1.807, 2.05) is 36.1 Å². The number of benzene rings is 1. The van der Waals surface area contributed by atoms with Crippen LogP contribution < -0.4 is 10.1 Å². The van der Waals surface area contributed by atoms with Crippen LogP contribution in [0.15, 0.2) is 24.3 Å². The summed E-state index contributed by atoms with van der Waals surface area (Å²) >= 11 is 0. The number of rotatable bonds is 6. The maximum atomic E-state index is 12.0. The molecule has 5 heteroatoms. The third-order valence-electron chi connectivity index (χ3n) is 4.25. The Kier molecular flexibility index (Phi) is 6.44. The monoisotopic (exact) mass is 318 g/mol. The van der Waals surface area contributed by atoms with E-state index in [1.165, 1.54) is 0 Å². The summed E-state index contributed by atoms with van der Waals surface area (Å²) in [6.07, 6.45) is 2.31. The van der Waals surface area contributed by atoms with Crippen LogP contribution in [-0.2, 0) is 16.0 Å². The van der Waals surface area contributed by atoms with Gasteiger partial charge in [-0.3, -0.25) is 9.59 Å². The van der Waals surface area contributed by atoms with E-state index in [1.54, 1.807) is 6.92 Å². The summed E-state index contributed by atoms with van der Waals surface area (Å²) in [6, 6.07) is 7.64. The van der Waals surface area contributed by atoms with E-state index in [0.717, 1.165) is 37.2 Å². The van der Waals surface area contributed by atoms with Crippen molar-refractivity contribution in [2.24, 2.45) is 5.92 Å². The van der Waals surface area contributed by atoms with E-state index in [2.05, 4.69) is 5.32 Å². The van der Waals surface area contributed by atoms with Crippen molar-refractivity contribution in [3.63, 3.8) is 0 Å². The Morgan fingerprint density at radius 3 is 2.43 bits per heavy atom. The van der Waals surface area contributed by atoms with E-state index in [0.29, 0.717) is 25.5 Å². The van der Waals surface area contributed by atoms with Gasteiger partial charge in [-0.25, -0.2) is 0 Å². The molecule has 0 saturated carbocycles. The lowest BCUT2D eigenvalue weighted by atomic mass is 9.96. The molecule has 0 bridgehead atoms. The summed E-state index contributed by atoms with van der Waals surface area (Å²) in [5.41, 5.74) is 0.984. The molecule has 0 spiro atoms. The van der Waals surface area contributed by atoms with Gasteiger partial charge in [0.2, 0.25) is 11.8 Å². The van der Waals surface area contributed by atoms with Crippen molar-refractivity contribution in [2.75, 3.05) is 26.2 Å². The lowest BCUT2D eigenvalue weighted by Crippen LogP contribution is -2.40. The van der Waals surface area contributed by atoms with Crippen molar-refractivity contribution in [2.45, 2.75) is 33.1 Å². The van der Waals surface area contributed by atoms with Gasteiger partial charge in [0.05, 0.1) is 13.0 Å². The van der Waals surface area contributed by atoms with Crippen molar-refractivity contribution in [1.29, 1.82) is 0 Å².